The summed E-state index contributed by atoms with van der Waals surface area (Å²) in [4.78, 5) is 16.3. The van der Waals surface area contributed by atoms with Crippen LogP contribution in [0.5, 0.6) is 0 Å². The molecule has 0 atom stereocenters. The molecule has 1 amide bonds. The maximum Gasteiger partial charge on any atom is 0.257 e. The van der Waals surface area contributed by atoms with Gasteiger partial charge in [-0.15, -0.1) is 0 Å². The molecule has 0 aliphatic rings. The third-order valence-corrected chi connectivity index (χ3v) is 3.93. The molecule has 0 bridgehead atoms. The van der Waals surface area contributed by atoms with Crippen molar-refractivity contribution in [3.8, 4) is 0 Å². The molecule has 0 aliphatic heterocycles. The van der Waals surface area contributed by atoms with Crippen LogP contribution in [0.25, 0.3) is 0 Å². The van der Waals surface area contributed by atoms with Gasteiger partial charge in [-0.1, -0.05) is 12.1 Å². The topological polar surface area (TPSA) is 42.0 Å². The van der Waals surface area contributed by atoms with Crippen molar-refractivity contribution in [3.05, 3.63) is 54.8 Å². The minimum atomic E-state index is -0.128. The molecule has 1 aromatic carbocycles. The number of rotatable bonds is 2. The smallest absolute Gasteiger partial charge is 0.257 e. The second kappa shape index (κ2) is 5.96. The van der Waals surface area contributed by atoms with Gasteiger partial charge in [0.15, 0.2) is 0 Å². The summed E-state index contributed by atoms with van der Waals surface area (Å²) >= 11 is 4.35. The summed E-state index contributed by atoms with van der Waals surface area (Å²) in [6.45, 7) is 1.93. The van der Waals surface area contributed by atoms with Crippen LogP contribution in [0.1, 0.15) is 15.9 Å². The van der Waals surface area contributed by atoms with E-state index in [2.05, 4.69) is 55.5 Å². The van der Waals surface area contributed by atoms with Gasteiger partial charge in [-0.25, -0.2) is 4.98 Å². The predicted molar refractivity (Wildman–Crippen MR) is 88.8 cm³/mol. The van der Waals surface area contributed by atoms with Gasteiger partial charge in [0.25, 0.3) is 5.91 Å². The second-order valence-electron chi connectivity index (χ2n) is 3.75. The first-order valence-electron chi connectivity index (χ1n) is 5.26. The molecular formula is C13H10I2N2O. The number of benzene rings is 1. The van der Waals surface area contributed by atoms with Crippen molar-refractivity contribution in [1.29, 1.82) is 0 Å². The molecule has 1 aromatic heterocycles. The number of pyridine rings is 1. The van der Waals surface area contributed by atoms with Crippen LogP contribution in [0.15, 0.2) is 36.5 Å². The van der Waals surface area contributed by atoms with E-state index in [4.69, 9.17) is 0 Å². The van der Waals surface area contributed by atoms with Crippen LogP contribution in [0, 0.1) is 14.1 Å². The van der Waals surface area contributed by atoms with E-state index in [9.17, 15) is 4.79 Å². The molecule has 0 aliphatic carbocycles. The van der Waals surface area contributed by atoms with Gasteiger partial charge < -0.3 is 5.32 Å². The van der Waals surface area contributed by atoms with E-state index in [-0.39, 0.29) is 5.91 Å². The van der Waals surface area contributed by atoms with Gasteiger partial charge in [0.05, 0.1) is 5.56 Å². The SMILES string of the molecule is Cc1cc(I)cnc1NC(=O)c1ccccc1I. The van der Waals surface area contributed by atoms with Crippen LogP contribution in [0.3, 0.4) is 0 Å². The van der Waals surface area contributed by atoms with E-state index < -0.39 is 0 Å². The number of carbonyl (C=O) groups is 1. The van der Waals surface area contributed by atoms with Crippen molar-refractivity contribution in [2.24, 2.45) is 0 Å². The molecule has 3 nitrogen and oxygen atoms in total. The molecule has 1 N–H and O–H groups in total. The van der Waals surface area contributed by atoms with Crippen LogP contribution in [0.2, 0.25) is 0 Å². The molecule has 0 saturated heterocycles. The third-order valence-electron chi connectivity index (χ3n) is 2.40. The van der Waals surface area contributed by atoms with Crippen molar-refractivity contribution in [3.63, 3.8) is 0 Å². The molecule has 0 saturated carbocycles. The number of aryl methyl sites for hydroxylation is 1. The van der Waals surface area contributed by atoms with Crippen LogP contribution in [-0.2, 0) is 0 Å². The van der Waals surface area contributed by atoms with Crippen molar-refractivity contribution in [2.45, 2.75) is 6.92 Å². The Morgan fingerprint density at radius 2 is 2.00 bits per heavy atom. The highest BCUT2D eigenvalue weighted by Gasteiger charge is 2.11. The molecule has 0 radical (unpaired) electrons. The normalized spacial score (nSPS) is 10.2. The highest BCUT2D eigenvalue weighted by molar-refractivity contribution is 14.1. The highest BCUT2D eigenvalue weighted by Crippen LogP contribution is 2.17. The molecular weight excluding hydrogens is 454 g/mol. The maximum atomic E-state index is 12.1. The van der Waals surface area contributed by atoms with Gasteiger partial charge in [0.2, 0.25) is 0 Å². The summed E-state index contributed by atoms with van der Waals surface area (Å²) in [6.07, 6.45) is 1.74. The molecule has 2 aromatic rings. The Labute approximate surface area is 133 Å². The predicted octanol–water partition coefficient (Wildman–Crippen LogP) is 3.85. The van der Waals surface area contributed by atoms with E-state index in [1.165, 1.54) is 0 Å². The largest absolute Gasteiger partial charge is 0.306 e. The Morgan fingerprint density at radius 3 is 2.67 bits per heavy atom. The van der Waals surface area contributed by atoms with Crippen molar-refractivity contribution in [2.75, 3.05) is 5.32 Å². The molecule has 1 heterocycles. The lowest BCUT2D eigenvalue weighted by Gasteiger charge is -2.08. The number of aromatic nitrogens is 1. The first-order valence-corrected chi connectivity index (χ1v) is 7.41. The Bertz CT molecular complexity index is 599. The molecule has 0 unspecified atom stereocenters. The van der Waals surface area contributed by atoms with Crippen LogP contribution < -0.4 is 5.32 Å². The Balaban J connectivity index is 2.24. The van der Waals surface area contributed by atoms with Crippen molar-refractivity contribution >= 4 is 56.9 Å². The van der Waals surface area contributed by atoms with E-state index >= 15 is 0 Å². The van der Waals surface area contributed by atoms with Crippen LogP contribution >= 0.6 is 45.2 Å². The number of halogens is 2. The molecule has 2 rings (SSSR count). The van der Waals surface area contributed by atoms with E-state index in [1.54, 1.807) is 12.3 Å². The third kappa shape index (κ3) is 3.19. The zero-order valence-electron chi connectivity index (χ0n) is 9.58. The number of anilines is 1. The van der Waals surface area contributed by atoms with Gasteiger partial charge in [0.1, 0.15) is 5.82 Å². The van der Waals surface area contributed by atoms with Gasteiger partial charge >= 0.3 is 0 Å². The summed E-state index contributed by atoms with van der Waals surface area (Å²) in [7, 11) is 0. The summed E-state index contributed by atoms with van der Waals surface area (Å²) < 4.78 is 1.98. The highest BCUT2D eigenvalue weighted by atomic mass is 127. The molecule has 0 spiro atoms. The molecule has 0 fully saturated rings. The Morgan fingerprint density at radius 1 is 1.28 bits per heavy atom. The Hall–Kier alpha value is -0.700. The first kappa shape index (κ1) is 13.7. The lowest BCUT2D eigenvalue weighted by atomic mass is 10.2. The standard InChI is InChI=1S/C13H10I2N2O/c1-8-6-9(14)7-16-12(8)17-13(18)10-4-2-3-5-11(10)15/h2-7H,1H3,(H,16,17,18). The van der Waals surface area contributed by atoms with Gasteiger partial charge in [-0.05, 0) is 75.9 Å². The van der Waals surface area contributed by atoms with E-state index in [1.807, 2.05) is 31.2 Å². The number of hydrogen-bond donors (Lipinski definition) is 1. The lowest BCUT2D eigenvalue weighted by Crippen LogP contribution is -2.15. The number of hydrogen-bond acceptors (Lipinski definition) is 2. The molecule has 18 heavy (non-hydrogen) atoms. The van der Waals surface area contributed by atoms with Crippen molar-refractivity contribution in [1.82, 2.24) is 4.98 Å². The summed E-state index contributed by atoms with van der Waals surface area (Å²) in [5, 5.41) is 2.84. The summed E-state index contributed by atoms with van der Waals surface area (Å²) in [5.41, 5.74) is 1.62. The van der Waals surface area contributed by atoms with Crippen LogP contribution in [0.4, 0.5) is 5.82 Å². The van der Waals surface area contributed by atoms with E-state index in [0.29, 0.717) is 11.4 Å². The minimum absolute atomic E-state index is 0.128. The van der Waals surface area contributed by atoms with Gasteiger partial charge in [0, 0.05) is 13.3 Å². The zero-order valence-corrected chi connectivity index (χ0v) is 13.9. The number of nitrogens with zero attached hydrogens (tertiary/aromatic N) is 1. The maximum absolute atomic E-state index is 12.1. The van der Waals surface area contributed by atoms with Crippen molar-refractivity contribution < 1.29 is 4.79 Å². The van der Waals surface area contributed by atoms with Gasteiger partial charge in [-0.2, -0.15) is 0 Å². The lowest BCUT2D eigenvalue weighted by molar-refractivity contribution is 0.102. The number of nitrogens with one attached hydrogen (secondary N) is 1. The Kier molecular flexibility index (Phi) is 4.55. The first-order chi connectivity index (χ1) is 8.58. The second-order valence-corrected chi connectivity index (χ2v) is 6.16. The number of amides is 1. The fourth-order valence-corrected chi connectivity index (χ4v) is 2.73. The van der Waals surface area contributed by atoms with Crippen LogP contribution in [-0.4, -0.2) is 10.9 Å². The fraction of sp³-hybridized carbons (Fsp3) is 0.0769. The molecule has 5 heteroatoms. The quantitative estimate of drug-likeness (QED) is 0.687. The zero-order chi connectivity index (χ0) is 13.1. The van der Waals surface area contributed by atoms with E-state index in [0.717, 1.165) is 12.7 Å². The average molecular weight is 464 g/mol. The monoisotopic (exact) mass is 464 g/mol. The summed E-state index contributed by atoms with van der Waals surface area (Å²) in [6, 6.07) is 9.46. The average Bonchev–Trinajstić information content (AvgIpc) is 2.33. The fourth-order valence-electron chi connectivity index (χ4n) is 1.49. The molecule has 92 valence electrons. The number of carbonyl (C=O) groups excluding carboxylic acids is 1. The summed E-state index contributed by atoms with van der Waals surface area (Å²) in [5.74, 6) is 0.483. The minimum Gasteiger partial charge on any atom is -0.306 e. The van der Waals surface area contributed by atoms with Gasteiger partial charge in [-0.3, -0.25) is 4.79 Å².